The predicted octanol–water partition coefficient (Wildman–Crippen LogP) is 1.69. The summed E-state index contributed by atoms with van der Waals surface area (Å²) >= 11 is 0. The third-order valence-corrected chi connectivity index (χ3v) is 3.24. The summed E-state index contributed by atoms with van der Waals surface area (Å²) in [6.45, 7) is 2.10. The fourth-order valence-corrected chi connectivity index (χ4v) is 2.29. The zero-order valence-electron chi connectivity index (χ0n) is 9.67. The molecule has 4 heteroatoms. The van der Waals surface area contributed by atoms with E-state index in [1.54, 1.807) is 12.1 Å². The number of carboxylic acids is 1. The molecule has 2 rings (SSSR count). The lowest BCUT2D eigenvalue weighted by Crippen LogP contribution is -2.38. The quantitative estimate of drug-likeness (QED) is 0.837. The van der Waals surface area contributed by atoms with Crippen LogP contribution in [-0.4, -0.2) is 34.2 Å². The lowest BCUT2D eigenvalue weighted by molar-refractivity contribution is -0.143. The van der Waals surface area contributed by atoms with E-state index in [2.05, 4.69) is 4.90 Å². The van der Waals surface area contributed by atoms with Gasteiger partial charge >= 0.3 is 5.97 Å². The molecule has 0 unspecified atom stereocenters. The van der Waals surface area contributed by atoms with Gasteiger partial charge in [0, 0.05) is 18.7 Å². The fraction of sp³-hybridized carbons (Fsp3) is 0.462. The molecule has 2 N–H and O–H groups in total. The second kappa shape index (κ2) is 5.19. The lowest BCUT2D eigenvalue weighted by atomic mass is 9.98. The van der Waals surface area contributed by atoms with Crippen molar-refractivity contribution >= 4 is 5.97 Å². The number of nitrogens with zero attached hydrogens (tertiary/aromatic N) is 1. The minimum atomic E-state index is -0.716. The fourth-order valence-electron chi connectivity index (χ4n) is 2.29. The number of aliphatic carboxylic acids is 1. The van der Waals surface area contributed by atoms with Crippen LogP contribution in [0.25, 0.3) is 0 Å². The van der Waals surface area contributed by atoms with Gasteiger partial charge in [-0.25, -0.2) is 0 Å². The van der Waals surface area contributed by atoms with E-state index in [0.29, 0.717) is 13.1 Å². The molecule has 1 fully saturated rings. The van der Waals surface area contributed by atoms with Crippen LogP contribution in [0.1, 0.15) is 18.4 Å². The molecule has 1 saturated heterocycles. The molecule has 17 heavy (non-hydrogen) atoms. The van der Waals surface area contributed by atoms with Crippen LogP contribution >= 0.6 is 0 Å². The van der Waals surface area contributed by atoms with Crippen LogP contribution in [-0.2, 0) is 11.3 Å². The van der Waals surface area contributed by atoms with Gasteiger partial charge in [-0.1, -0.05) is 18.2 Å². The summed E-state index contributed by atoms with van der Waals surface area (Å²) in [5.41, 5.74) is 0.860. The molecule has 1 atom stereocenters. The molecule has 0 aromatic heterocycles. The summed E-state index contributed by atoms with van der Waals surface area (Å²) < 4.78 is 0. The monoisotopic (exact) mass is 235 g/mol. The Morgan fingerprint density at radius 2 is 2.18 bits per heavy atom. The molecule has 0 saturated carbocycles. The molecule has 1 aliphatic heterocycles. The van der Waals surface area contributed by atoms with Gasteiger partial charge < -0.3 is 10.2 Å². The minimum absolute atomic E-state index is 0.269. The number of likely N-dealkylation sites (tertiary alicyclic amines) is 1. The molecule has 1 aliphatic rings. The molecule has 1 heterocycles. The van der Waals surface area contributed by atoms with Crippen molar-refractivity contribution < 1.29 is 15.0 Å². The molecular formula is C13H17NO3. The Kier molecular flexibility index (Phi) is 3.64. The summed E-state index contributed by atoms with van der Waals surface area (Å²) in [7, 11) is 0. The Morgan fingerprint density at radius 1 is 1.41 bits per heavy atom. The van der Waals surface area contributed by atoms with Crippen molar-refractivity contribution in [3.05, 3.63) is 29.8 Å². The molecule has 0 bridgehead atoms. The van der Waals surface area contributed by atoms with E-state index >= 15 is 0 Å². The van der Waals surface area contributed by atoms with Gasteiger partial charge in [0.05, 0.1) is 5.92 Å². The highest BCUT2D eigenvalue weighted by Gasteiger charge is 2.25. The van der Waals surface area contributed by atoms with Crippen LogP contribution in [0.3, 0.4) is 0 Å². The second-order valence-electron chi connectivity index (χ2n) is 4.54. The van der Waals surface area contributed by atoms with E-state index in [9.17, 15) is 9.90 Å². The van der Waals surface area contributed by atoms with Crippen LogP contribution < -0.4 is 0 Å². The van der Waals surface area contributed by atoms with Gasteiger partial charge in [-0.15, -0.1) is 0 Å². The van der Waals surface area contributed by atoms with Crippen LogP contribution in [0.15, 0.2) is 24.3 Å². The normalized spacial score (nSPS) is 21.3. The molecule has 4 nitrogen and oxygen atoms in total. The van der Waals surface area contributed by atoms with Gasteiger partial charge in [-0.05, 0) is 25.5 Å². The Bertz CT molecular complexity index is 405. The van der Waals surface area contributed by atoms with Gasteiger partial charge in [0.1, 0.15) is 5.75 Å². The number of rotatable bonds is 3. The van der Waals surface area contributed by atoms with E-state index in [0.717, 1.165) is 24.9 Å². The number of phenols is 1. The molecule has 1 aromatic rings. The topological polar surface area (TPSA) is 60.8 Å². The third kappa shape index (κ3) is 2.97. The van der Waals surface area contributed by atoms with Gasteiger partial charge in [0.25, 0.3) is 0 Å². The number of hydrogen-bond donors (Lipinski definition) is 2. The number of hydrogen-bond acceptors (Lipinski definition) is 3. The zero-order chi connectivity index (χ0) is 12.3. The largest absolute Gasteiger partial charge is 0.508 e. The van der Waals surface area contributed by atoms with Gasteiger partial charge in [0.15, 0.2) is 0 Å². The van der Waals surface area contributed by atoms with E-state index in [-0.39, 0.29) is 11.7 Å². The van der Waals surface area contributed by atoms with Gasteiger partial charge in [0.2, 0.25) is 0 Å². The summed E-state index contributed by atoms with van der Waals surface area (Å²) in [6.07, 6.45) is 1.66. The second-order valence-corrected chi connectivity index (χ2v) is 4.54. The standard InChI is InChI=1S/C13H17NO3/c15-12-6-2-1-4-10(12)8-14-7-3-5-11(9-14)13(16)17/h1-2,4,6,11,15H,3,5,7-9H2,(H,16,17)/t11-/m1/s1. The SMILES string of the molecule is O=C(O)[C@@H]1CCCN(Cc2ccccc2O)C1. The maximum Gasteiger partial charge on any atom is 0.307 e. The van der Waals surface area contributed by atoms with Crippen molar-refractivity contribution in [1.82, 2.24) is 4.90 Å². The number of carbonyl (C=O) groups is 1. The Morgan fingerprint density at radius 3 is 2.88 bits per heavy atom. The number of piperidine rings is 1. The first kappa shape index (κ1) is 11.9. The highest BCUT2D eigenvalue weighted by Crippen LogP contribution is 2.22. The number of phenolic OH excluding ortho intramolecular Hbond substituents is 1. The summed E-state index contributed by atoms with van der Waals surface area (Å²) in [4.78, 5) is 13.0. The van der Waals surface area contributed by atoms with E-state index in [1.165, 1.54) is 0 Å². The van der Waals surface area contributed by atoms with Crippen molar-refractivity contribution in [3.63, 3.8) is 0 Å². The molecule has 0 amide bonds. The first-order valence-corrected chi connectivity index (χ1v) is 5.89. The first-order valence-electron chi connectivity index (χ1n) is 5.89. The molecule has 92 valence electrons. The van der Waals surface area contributed by atoms with E-state index < -0.39 is 5.97 Å². The Hall–Kier alpha value is -1.55. The average Bonchev–Trinajstić information content (AvgIpc) is 2.32. The van der Waals surface area contributed by atoms with Crippen molar-refractivity contribution in [1.29, 1.82) is 0 Å². The van der Waals surface area contributed by atoms with Crippen LogP contribution in [0.2, 0.25) is 0 Å². The van der Waals surface area contributed by atoms with Crippen molar-refractivity contribution in [2.45, 2.75) is 19.4 Å². The lowest BCUT2D eigenvalue weighted by Gasteiger charge is -2.30. The van der Waals surface area contributed by atoms with Crippen molar-refractivity contribution in [2.75, 3.05) is 13.1 Å². The number of para-hydroxylation sites is 1. The van der Waals surface area contributed by atoms with Crippen LogP contribution in [0.4, 0.5) is 0 Å². The maximum atomic E-state index is 10.9. The number of benzene rings is 1. The molecular weight excluding hydrogens is 218 g/mol. The summed E-state index contributed by atoms with van der Waals surface area (Å²) in [5, 5.41) is 18.7. The zero-order valence-corrected chi connectivity index (χ0v) is 9.67. The van der Waals surface area contributed by atoms with Crippen LogP contribution in [0, 0.1) is 5.92 Å². The smallest absolute Gasteiger partial charge is 0.307 e. The highest BCUT2D eigenvalue weighted by atomic mass is 16.4. The Labute approximate surface area is 100 Å². The summed E-state index contributed by atoms with van der Waals surface area (Å²) in [6, 6.07) is 7.20. The first-order chi connectivity index (χ1) is 8.16. The van der Waals surface area contributed by atoms with Crippen LogP contribution in [0.5, 0.6) is 5.75 Å². The van der Waals surface area contributed by atoms with Gasteiger partial charge in [-0.2, -0.15) is 0 Å². The summed E-state index contributed by atoms with van der Waals surface area (Å²) in [5.74, 6) is -0.702. The predicted molar refractivity (Wildman–Crippen MR) is 63.7 cm³/mol. The molecule has 0 aliphatic carbocycles. The maximum absolute atomic E-state index is 10.9. The molecule has 0 radical (unpaired) electrons. The highest BCUT2D eigenvalue weighted by molar-refractivity contribution is 5.70. The third-order valence-electron chi connectivity index (χ3n) is 3.24. The molecule has 0 spiro atoms. The van der Waals surface area contributed by atoms with Crippen molar-refractivity contribution in [2.24, 2.45) is 5.92 Å². The number of aromatic hydroxyl groups is 1. The van der Waals surface area contributed by atoms with Gasteiger partial charge in [-0.3, -0.25) is 9.69 Å². The minimum Gasteiger partial charge on any atom is -0.508 e. The Balaban J connectivity index is 1.99. The van der Waals surface area contributed by atoms with Crippen molar-refractivity contribution in [3.8, 4) is 5.75 Å². The molecule has 1 aromatic carbocycles. The van der Waals surface area contributed by atoms with E-state index in [4.69, 9.17) is 5.11 Å². The van der Waals surface area contributed by atoms with E-state index in [1.807, 2.05) is 12.1 Å². The average molecular weight is 235 g/mol. The number of carboxylic acid groups (broad SMARTS) is 1.